The molecule has 0 saturated carbocycles. The topological polar surface area (TPSA) is 39.1 Å². The highest BCUT2D eigenvalue weighted by atomic mass is 79.9. The lowest BCUT2D eigenvalue weighted by atomic mass is 9.85. The summed E-state index contributed by atoms with van der Waals surface area (Å²) in [6, 6.07) is 0.323. The van der Waals surface area contributed by atoms with Crippen LogP contribution < -0.4 is 5.32 Å². The summed E-state index contributed by atoms with van der Waals surface area (Å²) >= 11 is 3.69. The molecule has 2 heterocycles. The van der Waals surface area contributed by atoms with Crippen LogP contribution in [0.25, 0.3) is 0 Å². The van der Waals surface area contributed by atoms with Crippen molar-refractivity contribution in [2.24, 2.45) is 7.05 Å². The number of hydrogen-bond donors (Lipinski definition) is 1. The number of halogens is 1. The summed E-state index contributed by atoms with van der Waals surface area (Å²) in [5.74, 6) is 0. The average Bonchev–Trinajstić information content (AvgIpc) is 2.69. The van der Waals surface area contributed by atoms with Crippen molar-refractivity contribution in [1.82, 2.24) is 15.1 Å². The van der Waals surface area contributed by atoms with E-state index >= 15 is 0 Å². The average molecular weight is 358 g/mol. The number of aryl methyl sites for hydroxylation is 2. The Morgan fingerprint density at radius 3 is 2.76 bits per heavy atom. The first kappa shape index (κ1) is 17.0. The van der Waals surface area contributed by atoms with Crippen molar-refractivity contribution in [3.8, 4) is 0 Å². The van der Waals surface area contributed by atoms with Crippen LogP contribution in [-0.4, -0.2) is 34.6 Å². The van der Waals surface area contributed by atoms with Gasteiger partial charge in [-0.15, -0.1) is 0 Å². The molecule has 0 aromatic carbocycles. The number of nitrogens with zero attached hydrogens (tertiary/aromatic N) is 2. The van der Waals surface area contributed by atoms with Gasteiger partial charge in [-0.25, -0.2) is 0 Å². The van der Waals surface area contributed by atoms with E-state index in [-0.39, 0.29) is 5.60 Å². The van der Waals surface area contributed by atoms with Gasteiger partial charge in [-0.3, -0.25) is 4.68 Å². The smallest absolute Gasteiger partial charge is 0.0810 e. The Labute approximate surface area is 136 Å². The van der Waals surface area contributed by atoms with E-state index in [9.17, 15) is 0 Å². The largest absolute Gasteiger partial charge is 0.374 e. The van der Waals surface area contributed by atoms with Gasteiger partial charge in [0, 0.05) is 26.1 Å². The molecule has 5 heteroatoms. The zero-order valence-electron chi connectivity index (χ0n) is 13.7. The van der Waals surface area contributed by atoms with Gasteiger partial charge >= 0.3 is 0 Å². The maximum Gasteiger partial charge on any atom is 0.0810 e. The third-order valence-corrected chi connectivity index (χ3v) is 5.57. The van der Waals surface area contributed by atoms with Crippen molar-refractivity contribution in [2.75, 3.05) is 13.2 Å². The number of ether oxygens (including phenoxy) is 1. The lowest BCUT2D eigenvalue weighted by Gasteiger charge is -2.41. The Balaban J connectivity index is 2.19. The minimum Gasteiger partial charge on any atom is -0.374 e. The van der Waals surface area contributed by atoms with Crippen LogP contribution in [-0.2, 0) is 18.2 Å². The molecule has 1 fully saturated rings. The molecule has 21 heavy (non-hydrogen) atoms. The standard InChI is InChI=1S/C16H28BrN3O/c1-5-9-18-14(16(3)8-6-7-10-21-16)11-13-15(17)12(2)19-20(13)4/h14,18H,5-11H2,1-4H3. The molecular weight excluding hydrogens is 330 g/mol. The van der Waals surface area contributed by atoms with Crippen molar-refractivity contribution in [1.29, 1.82) is 0 Å². The van der Waals surface area contributed by atoms with Crippen LogP contribution in [0.1, 0.15) is 50.9 Å². The highest BCUT2D eigenvalue weighted by Crippen LogP contribution is 2.31. The van der Waals surface area contributed by atoms with Gasteiger partial charge in [-0.1, -0.05) is 6.92 Å². The Hall–Kier alpha value is -0.390. The maximum atomic E-state index is 6.18. The SMILES string of the molecule is CCCNC(Cc1c(Br)c(C)nn1C)C1(C)CCCCO1. The first-order chi connectivity index (χ1) is 9.98. The van der Waals surface area contributed by atoms with E-state index in [1.165, 1.54) is 18.5 Å². The normalized spacial score (nSPS) is 24.2. The molecule has 1 aromatic heterocycles. The molecule has 2 unspecified atom stereocenters. The molecule has 0 radical (unpaired) electrons. The summed E-state index contributed by atoms with van der Waals surface area (Å²) in [4.78, 5) is 0. The van der Waals surface area contributed by atoms with Crippen molar-refractivity contribution < 1.29 is 4.74 Å². The molecule has 0 aliphatic carbocycles. The van der Waals surface area contributed by atoms with Gasteiger partial charge in [0.05, 0.1) is 21.5 Å². The summed E-state index contributed by atoms with van der Waals surface area (Å²) in [5, 5.41) is 8.22. The second kappa shape index (κ2) is 7.25. The lowest BCUT2D eigenvalue weighted by Crippen LogP contribution is -2.53. The molecule has 2 rings (SSSR count). The van der Waals surface area contributed by atoms with Gasteiger partial charge in [-0.05, 0) is 62.0 Å². The monoisotopic (exact) mass is 357 g/mol. The number of aromatic nitrogens is 2. The zero-order valence-corrected chi connectivity index (χ0v) is 15.3. The van der Waals surface area contributed by atoms with E-state index in [4.69, 9.17) is 4.74 Å². The fourth-order valence-electron chi connectivity index (χ4n) is 3.15. The summed E-state index contributed by atoms with van der Waals surface area (Å²) in [5.41, 5.74) is 2.22. The van der Waals surface area contributed by atoms with Crippen LogP contribution in [0.15, 0.2) is 4.47 Å². The molecule has 1 saturated heterocycles. The minimum absolute atomic E-state index is 0.0783. The molecule has 1 aromatic rings. The van der Waals surface area contributed by atoms with Crippen molar-refractivity contribution in [3.63, 3.8) is 0 Å². The molecule has 0 spiro atoms. The Bertz CT molecular complexity index is 466. The first-order valence-corrected chi connectivity index (χ1v) is 8.82. The van der Waals surface area contributed by atoms with Crippen molar-refractivity contribution >= 4 is 15.9 Å². The van der Waals surface area contributed by atoms with Crippen LogP contribution in [0.4, 0.5) is 0 Å². The molecule has 1 aliphatic heterocycles. The molecule has 2 atom stereocenters. The fourth-order valence-corrected chi connectivity index (χ4v) is 3.65. The van der Waals surface area contributed by atoms with Crippen molar-refractivity contribution in [3.05, 3.63) is 15.9 Å². The van der Waals surface area contributed by atoms with Crippen molar-refractivity contribution in [2.45, 2.75) is 64.5 Å². The number of nitrogens with one attached hydrogen (secondary N) is 1. The van der Waals surface area contributed by atoms with Crippen LogP contribution in [0.3, 0.4) is 0 Å². The van der Waals surface area contributed by atoms with Gasteiger partial charge in [-0.2, -0.15) is 5.10 Å². The second-order valence-electron chi connectivity index (χ2n) is 6.30. The van der Waals surface area contributed by atoms with Gasteiger partial charge in [0.2, 0.25) is 0 Å². The van der Waals surface area contributed by atoms with Crippen LogP contribution in [0.5, 0.6) is 0 Å². The van der Waals surface area contributed by atoms with Gasteiger partial charge in [0.25, 0.3) is 0 Å². The van der Waals surface area contributed by atoms with Crippen LogP contribution >= 0.6 is 15.9 Å². The van der Waals surface area contributed by atoms with Crippen LogP contribution in [0, 0.1) is 6.92 Å². The van der Waals surface area contributed by atoms with E-state index in [0.29, 0.717) is 6.04 Å². The molecule has 4 nitrogen and oxygen atoms in total. The summed E-state index contributed by atoms with van der Waals surface area (Å²) in [7, 11) is 2.02. The van der Waals surface area contributed by atoms with Gasteiger partial charge in [0.1, 0.15) is 0 Å². The van der Waals surface area contributed by atoms with Crippen LogP contribution in [0.2, 0.25) is 0 Å². The van der Waals surface area contributed by atoms with E-state index in [2.05, 4.69) is 40.2 Å². The summed E-state index contributed by atoms with van der Waals surface area (Å²) < 4.78 is 9.30. The first-order valence-electron chi connectivity index (χ1n) is 8.03. The Morgan fingerprint density at radius 1 is 1.48 bits per heavy atom. The Kier molecular flexibility index (Phi) is 5.86. The minimum atomic E-state index is -0.0783. The fraction of sp³-hybridized carbons (Fsp3) is 0.812. The summed E-state index contributed by atoms with van der Waals surface area (Å²) in [6.07, 6.45) is 5.65. The van der Waals surface area contributed by atoms with E-state index < -0.39 is 0 Å². The molecule has 0 bridgehead atoms. The quantitative estimate of drug-likeness (QED) is 0.848. The third kappa shape index (κ3) is 3.88. The number of hydrogen-bond acceptors (Lipinski definition) is 3. The Morgan fingerprint density at radius 2 is 2.24 bits per heavy atom. The van der Waals surface area contributed by atoms with E-state index in [1.807, 2.05) is 18.7 Å². The molecule has 1 aliphatic rings. The lowest BCUT2D eigenvalue weighted by molar-refractivity contribution is -0.0886. The predicted molar refractivity (Wildman–Crippen MR) is 89.6 cm³/mol. The highest BCUT2D eigenvalue weighted by molar-refractivity contribution is 9.10. The third-order valence-electron chi connectivity index (χ3n) is 4.54. The van der Waals surface area contributed by atoms with Gasteiger partial charge in [0.15, 0.2) is 0 Å². The molecular formula is C16H28BrN3O. The second-order valence-corrected chi connectivity index (χ2v) is 7.09. The summed E-state index contributed by atoms with van der Waals surface area (Å²) in [6.45, 7) is 8.42. The van der Waals surface area contributed by atoms with E-state index in [0.717, 1.165) is 42.6 Å². The predicted octanol–water partition coefficient (Wildman–Crippen LogP) is 3.36. The molecule has 0 amide bonds. The molecule has 1 N–H and O–H groups in total. The maximum absolute atomic E-state index is 6.18. The van der Waals surface area contributed by atoms with E-state index in [1.54, 1.807) is 0 Å². The molecule has 120 valence electrons. The zero-order chi connectivity index (χ0) is 15.5. The highest BCUT2D eigenvalue weighted by Gasteiger charge is 2.37. The van der Waals surface area contributed by atoms with Gasteiger partial charge < -0.3 is 10.1 Å². The number of rotatable bonds is 6.